The number of hydrogen-bond acceptors (Lipinski definition) is 5. The van der Waals surface area contributed by atoms with Gasteiger partial charge >= 0.3 is 0 Å². The molecule has 2 atom stereocenters. The molecule has 1 aromatic heterocycles. The molecule has 4 rings (SSSR count). The van der Waals surface area contributed by atoms with Crippen LogP contribution in [0.2, 0.25) is 18.1 Å². The first-order chi connectivity index (χ1) is 19.9. The number of hydrogen-bond donors (Lipinski definition) is 1. The number of carbonyl (C=O) groups is 1. The number of aromatic nitrogens is 2. The molecular weight excluding hydrogens is 542 g/mol. The van der Waals surface area contributed by atoms with Gasteiger partial charge in [-0.2, -0.15) is 0 Å². The SMILES string of the molecule is CC(C)N(CCO[Si](C)(C)C(C)(C)C)C(=O)c1nc(C2CCCC2c2ccccc2)[nH]c(=O)c1OCc1ccccc1. The first-order valence-electron chi connectivity index (χ1n) is 15.2. The molecule has 8 heteroatoms. The van der Waals surface area contributed by atoms with Crippen LogP contribution in [0.1, 0.15) is 93.2 Å². The second kappa shape index (κ2) is 13.4. The maximum atomic E-state index is 14.2. The van der Waals surface area contributed by atoms with E-state index in [2.05, 4.69) is 51.0 Å². The lowest BCUT2D eigenvalue weighted by Crippen LogP contribution is -2.45. The average Bonchev–Trinajstić information content (AvgIpc) is 3.44. The van der Waals surface area contributed by atoms with Crippen LogP contribution in [0.3, 0.4) is 0 Å². The molecule has 1 saturated carbocycles. The van der Waals surface area contributed by atoms with Crippen LogP contribution >= 0.6 is 0 Å². The van der Waals surface area contributed by atoms with E-state index in [-0.39, 0.29) is 46.9 Å². The Hall–Kier alpha value is -3.23. The molecule has 0 bridgehead atoms. The molecule has 2 unspecified atom stereocenters. The summed E-state index contributed by atoms with van der Waals surface area (Å²) in [6, 6.07) is 19.9. The van der Waals surface area contributed by atoms with Gasteiger partial charge in [0.15, 0.2) is 14.0 Å². The van der Waals surface area contributed by atoms with E-state index in [1.54, 1.807) is 4.90 Å². The van der Waals surface area contributed by atoms with Gasteiger partial charge in [-0.1, -0.05) is 87.9 Å². The monoisotopic (exact) mass is 589 g/mol. The molecule has 1 aliphatic rings. The lowest BCUT2D eigenvalue weighted by atomic mass is 9.88. The third kappa shape index (κ3) is 7.39. The molecule has 226 valence electrons. The van der Waals surface area contributed by atoms with Gasteiger partial charge in [-0.05, 0) is 61.9 Å². The molecule has 42 heavy (non-hydrogen) atoms. The van der Waals surface area contributed by atoms with Crippen LogP contribution in [-0.2, 0) is 11.0 Å². The predicted molar refractivity (Wildman–Crippen MR) is 171 cm³/mol. The summed E-state index contributed by atoms with van der Waals surface area (Å²) in [5, 5.41) is 0.0673. The molecule has 2 aromatic carbocycles. The van der Waals surface area contributed by atoms with Gasteiger partial charge in [0.25, 0.3) is 11.5 Å². The van der Waals surface area contributed by atoms with Crippen molar-refractivity contribution in [1.82, 2.24) is 14.9 Å². The Morgan fingerprint density at radius 3 is 2.26 bits per heavy atom. The number of benzene rings is 2. The van der Waals surface area contributed by atoms with E-state index in [1.165, 1.54) is 5.56 Å². The predicted octanol–water partition coefficient (Wildman–Crippen LogP) is 7.27. The van der Waals surface area contributed by atoms with Gasteiger partial charge in [-0.3, -0.25) is 9.59 Å². The second-order valence-electron chi connectivity index (χ2n) is 13.2. The highest BCUT2D eigenvalue weighted by atomic mass is 28.4. The lowest BCUT2D eigenvalue weighted by Gasteiger charge is -2.37. The van der Waals surface area contributed by atoms with Gasteiger partial charge in [0.05, 0.1) is 6.61 Å². The van der Waals surface area contributed by atoms with E-state index in [9.17, 15) is 9.59 Å². The number of carbonyl (C=O) groups excluding carboxylic acids is 1. The van der Waals surface area contributed by atoms with Crippen molar-refractivity contribution < 1.29 is 14.0 Å². The number of ether oxygens (including phenoxy) is 1. The molecule has 1 fully saturated rings. The van der Waals surface area contributed by atoms with Crippen LogP contribution in [0, 0.1) is 0 Å². The van der Waals surface area contributed by atoms with Gasteiger partial charge in [0.1, 0.15) is 12.4 Å². The van der Waals surface area contributed by atoms with E-state index >= 15 is 0 Å². The number of nitrogens with one attached hydrogen (secondary N) is 1. The van der Waals surface area contributed by atoms with Gasteiger partial charge in [-0.25, -0.2) is 4.98 Å². The van der Waals surface area contributed by atoms with Crippen molar-refractivity contribution in [1.29, 1.82) is 0 Å². The second-order valence-corrected chi connectivity index (χ2v) is 18.0. The third-order valence-corrected chi connectivity index (χ3v) is 13.4. The van der Waals surface area contributed by atoms with Crippen molar-refractivity contribution in [2.45, 2.75) is 96.5 Å². The highest BCUT2D eigenvalue weighted by molar-refractivity contribution is 6.74. The largest absolute Gasteiger partial charge is 0.481 e. The van der Waals surface area contributed by atoms with Crippen LogP contribution in [0.4, 0.5) is 0 Å². The van der Waals surface area contributed by atoms with Gasteiger partial charge < -0.3 is 19.0 Å². The standard InChI is InChI=1S/C34H47N3O4Si/c1-24(2)37(21-22-41-42(6,7)34(3,4)5)33(39)29-30(40-23-25-15-10-8-11-16-25)32(38)36-31(35-29)28-20-14-19-27(28)26-17-12-9-13-18-26/h8-13,15-18,24,27-28H,14,19-23H2,1-7H3,(H,35,36,38). The number of amides is 1. The highest BCUT2D eigenvalue weighted by Crippen LogP contribution is 2.44. The average molecular weight is 590 g/mol. The fourth-order valence-electron chi connectivity index (χ4n) is 5.40. The summed E-state index contributed by atoms with van der Waals surface area (Å²) in [7, 11) is -1.99. The first kappa shape index (κ1) is 31.7. The summed E-state index contributed by atoms with van der Waals surface area (Å²) in [6.45, 7) is 16.0. The van der Waals surface area contributed by atoms with Crippen molar-refractivity contribution in [3.63, 3.8) is 0 Å². The maximum Gasteiger partial charge on any atom is 0.294 e. The Morgan fingerprint density at radius 1 is 1.02 bits per heavy atom. The first-order valence-corrected chi connectivity index (χ1v) is 18.1. The minimum absolute atomic E-state index is 0.0178. The number of aromatic amines is 1. The maximum absolute atomic E-state index is 14.2. The summed E-state index contributed by atoms with van der Waals surface area (Å²) in [5.74, 6) is 0.464. The lowest BCUT2D eigenvalue weighted by molar-refractivity contribution is 0.0657. The quantitative estimate of drug-likeness (QED) is 0.238. The Labute approximate surface area is 251 Å². The molecule has 1 amide bonds. The van der Waals surface area contributed by atoms with Crippen molar-refractivity contribution >= 4 is 14.2 Å². The smallest absolute Gasteiger partial charge is 0.294 e. The molecule has 1 aliphatic carbocycles. The molecule has 1 N–H and O–H groups in total. The summed E-state index contributed by atoms with van der Waals surface area (Å²) in [6.07, 6.45) is 2.94. The topological polar surface area (TPSA) is 84.5 Å². The van der Waals surface area contributed by atoms with Gasteiger partial charge in [0, 0.05) is 18.5 Å². The normalized spacial score (nSPS) is 17.4. The molecule has 0 aliphatic heterocycles. The Balaban J connectivity index is 1.68. The van der Waals surface area contributed by atoms with Crippen LogP contribution in [-0.4, -0.2) is 48.3 Å². The zero-order valence-corrected chi connectivity index (χ0v) is 27.3. The molecule has 1 heterocycles. The summed E-state index contributed by atoms with van der Waals surface area (Å²) >= 11 is 0. The Morgan fingerprint density at radius 2 is 1.64 bits per heavy atom. The molecule has 3 aromatic rings. The van der Waals surface area contributed by atoms with Crippen molar-refractivity contribution in [3.8, 4) is 5.75 Å². The number of rotatable bonds is 11. The van der Waals surface area contributed by atoms with Crippen LogP contribution in [0.15, 0.2) is 65.5 Å². The van der Waals surface area contributed by atoms with Gasteiger partial charge in [-0.15, -0.1) is 0 Å². The van der Waals surface area contributed by atoms with E-state index in [4.69, 9.17) is 14.1 Å². The minimum atomic E-state index is -1.99. The fraction of sp³-hybridized carbons (Fsp3) is 0.500. The molecule has 0 radical (unpaired) electrons. The zero-order chi connectivity index (χ0) is 30.5. The van der Waals surface area contributed by atoms with Crippen LogP contribution in [0.5, 0.6) is 5.75 Å². The van der Waals surface area contributed by atoms with Crippen molar-refractivity contribution in [3.05, 3.63) is 93.7 Å². The van der Waals surface area contributed by atoms with E-state index in [0.29, 0.717) is 19.0 Å². The summed E-state index contributed by atoms with van der Waals surface area (Å²) in [5.41, 5.74) is 1.79. The number of H-pyrrole nitrogens is 1. The zero-order valence-electron chi connectivity index (χ0n) is 26.3. The molecule has 0 saturated heterocycles. The highest BCUT2D eigenvalue weighted by Gasteiger charge is 2.38. The molecule has 7 nitrogen and oxygen atoms in total. The summed E-state index contributed by atoms with van der Waals surface area (Å²) in [4.78, 5) is 37.5. The van der Waals surface area contributed by atoms with Crippen LogP contribution in [0.25, 0.3) is 0 Å². The summed E-state index contributed by atoms with van der Waals surface area (Å²) < 4.78 is 12.5. The van der Waals surface area contributed by atoms with Crippen molar-refractivity contribution in [2.24, 2.45) is 0 Å². The van der Waals surface area contributed by atoms with E-state index in [1.807, 2.05) is 62.4 Å². The Bertz CT molecular complexity index is 1380. The molecule has 0 spiro atoms. The van der Waals surface area contributed by atoms with Gasteiger partial charge in [0.2, 0.25) is 5.75 Å². The number of nitrogens with zero attached hydrogens (tertiary/aromatic N) is 2. The Kier molecular flexibility index (Phi) is 10.1. The van der Waals surface area contributed by atoms with E-state index < -0.39 is 13.9 Å². The third-order valence-electron chi connectivity index (χ3n) is 8.90. The fourth-order valence-corrected chi connectivity index (χ4v) is 6.43. The van der Waals surface area contributed by atoms with E-state index in [0.717, 1.165) is 24.8 Å². The van der Waals surface area contributed by atoms with Crippen molar-refractivity contribution in [2.75, 3.05) is 13.2 Å². The van der Waals surface area contributed by atoms with Crippen LogP contribution < -0.4 is 10.3 Å². The molecular formula is C34H47N3O4Si. The minimum Gasteiger partial charge on any atom is -0.481 e.